The molecule has 5 heteroatoms. The van der Waals surface area contributed by atoms with E-state index >= 15 is 0 Å². The standard InChI is InChI=1S/C24H18ClNO3/c1-15-23(16(2)27)21-14-20(29-24(28)17-6-4-3-5-7-17)12-13-22(21)26(15)19-10-8-18(25)9-11-19/h3-14H,1-2H3. The van der Waals surface area contributed by atoms with Gasteiger partial charge in [0, 0.05) is 27.4 Å². The van der Waals surface area contributed by atoms with Crippen LogP contribution in [-0.4, -0.2) is 16.3 Å². The van der Waals surface area contributed by atoms with Crippen LogP contribution < -0.4 is 4.74 Å². The van der Waals surface area contributed by atoms with Gasteiger partial charge in [0.15, 0.2) is 5.78 Å². The number of carbonyl (C=O) groups is 2. The van der Waals surface area contributed by atoms with Gasteiger partial charge in [0.25, 0.3) is 0 Å². The fourth-order valence-electron chi connectivity index (χ4n) is 3.57. The van der Waals surface area contributed by atoms with Gasteiger partial charge in [0.05, 0.1) is 11.1 Å². The molecule has 0 saturated heterocycles. The first-order chi connectivity index (χ1) is 14.0. The van der Waals surface area contributed by atoms with E-state index in [0.717, 1.165) is 22.3 Å². The molecule has 0 bridgehead atoms. The molecule has 4 nitrogen and oxygen atoms in total. The van der Waals surface area contributed by atoms with Crippen molar-refractivity contribution < 1.29 is 14.3 Å². The van der Waals surface area contributed by atoms with Gasteiger partial charge in [-0.2, -0.15) is 0 Å². The molecule has 29 heavy (non-hydrogen) atoms. The first kappa shape index (κ1) is 19.0. The van der Waals surface area contributed by atoms with Crippen LogP contribution in [0.25, 0.3) is 16.6 Å². The summed E-state index contributed by atoms with van der Waals surface area (Å²) in [7, 11) is 0. The lowest BCUT2D eigenvalue weighted by Crippen LogP contribution is -2.08. The van der Waals surface area contributed by atoms with Crippen LogP contribution in [0.15, 0.2) is 72.8 Å². The second kappa shape index (κ2) is 7.57. The summed E-state index contributed by atoms with van der Waals surface area (Å²) in [5.41, 5.74) is 3.65. The predicted molar refractivity (Wildman–Crippen MR) is 114 cm³/mol. The van der Waals surface area contributed by atoms with Crippen molar-refractivity contribution in [2.75, 3.05) is 0 Å². The summed E-state index contributed by atoms with van der Waals surface area (Å²) in [6, 6.07) is 21.6. The van der Waals surface area contributed by atoms with Crippen molar-refractivity contribution in [1.82, 2.24) is 4.57 Å². The molecule has 144 valence electrons. The first-order valence-corrected chi connectivity index (χ1v) is 9.52. The van der Waals surface area contributed by atoms with Crippen LogP contribution >= 0.6 is 11.6 Å². The van der Waals surface area contributed by atoms with Crippen LogP contribution in [0.3, 0.4) is 0 Å². The quantitative estimate of drug-likeness (QED) is 0.238. The number of hydrogen-bond donors (Lipinski definition) is 0. The summed E-state index contributed by atoms with van der Waals surface area (Å²) in [5.74, 6) is -0.1000. The number of esters is 1. The second-order valence-electron chi connectivity index (χ2n) is 6.76. The van der Waals surface area contributed by atoms with Crippen molar-refractivity contribution in [2.24, 2.45) is 0 Å². The molecule has 0 amide bonds. The SMILES string of the molecule is CC(=O)c1c(C)n(-c2ccc(Cl)cc2)c2ccc(OC(=O)c3ccccc3)cc12. The lowest BCUT2D eigenvalue weighted by molar-refractivity contribution is 0.0735. The molecule has 4 rings (SSSR count). The highest BCUT2D eigenvalue weighted by atomic mass is 35.5. The Labute approximate surface area is 173 Å². The van der Waals surface area contributed by atoms with Crippen molar-refractivity contribution >= 4 is 34.3 Å². The van der Waals surface area contributed by atoms with Gasteiger partial charge in [-0.05, 0) is 68.4 Å². The third-order valence-corrected chi connectivity index (χ3v) is 5.08. The first-order valence-electron chi connectivity index (χ1n) is 9.15. The fraction of sp³-hybridized carbons (Fsp3) is 0.0833. The van der Waals surface area contributed by atoms with Crippen LogP contribution in [0.1, 0.15) is 33.3 Å². The Bertz CT molecular complexity index is 1220. The third kappa shape index (κ3) is 3.55. The molecule has 1 aromatic heterocycles. The zero-order valence-electron chi connectivity index (χ0n) is 16.0. The van der Waals surface area contributed by atoms with Crippen LogP contribution in [0.2, 0.25) is 5.02 Å². The predicted octanol–water partition coefficient (Wildman–Crippen LogP) is 6.01. The number of ketones is 1. The molecular formula is C24H18ClNO3. The summed E-state index contributed by atoms with van der Waals surface area (Å²) in [6.07, 6.45) is 0. The van der Waals surface area contributed by atoms with Gasteiger partial charge < -0.3 is 9.30 Å². The number of fused-ring (bicyclic) bond motifs is 1. The number of aromatic nitrogens is 1. The van der Waals surface area contributed by atoms with E-state index in [-0.39, 0.29) is 5.78 Å². The summed E-state index contributed by atoms with van der Waals surface area (Å²) >= 11 is 6.02. The number of halogens is 1. The Hall–Kier alpha value is -3.37. The van der Waals surface area contributed by atoms with Gasteiger partial charge in [-0.3, -0.25) is 4.79 Å². The van der Waals surface area contributed by atoms with E-state index in [0.29, 0.717) is 21.9 Å². The van der Waals surface area contributed by atoms with Crippen LogP contribution in [0.4, 0.5) is 0 Å². The maximum Gasteiger partial charge on any atom is 0.343 e. The van der Waals surface area contributed by atoms with E-state index in [9.17, 15) is 9.59 Å². The smallest absolute Gasteiger partial charge is 0.343 e. The van der Waals surface area contributed by atoms with E-state index < -0.39 is 5.97 Å². The minimum Gasteiger partial charge on any atom is -0.423 e. The number of hydrogen-bond acceptors (Lipinski definition) is 3. The van der Waals surface area contributed by atoms with Crippen molar-refractivity contribution in [3.63, 3.8) is 0 Å². The van der Waals surface area contributed by atoms with E-state index in [1.165, 1.54) is 6.92 Å². The van der Waals surface area contributed by atoms with E-state index in [2.05, 4.69) is 0 Å². The van der Waals surface area contributed by atoms with Crippen LogP contribution in [0, 0.1) is 6.92 Å². The maximum atomic E-state index is 12.4. The largest absolute Gasteiger partial charge is 0.423 e. The molecule has 0 radical (unpaired) electrons. The second-order valence-corrected chi connectivity index (χ2v) is 7.20. The fourth-order valence-corrected chi connectivity index (χ4v) is 3.69. The lowest BCUT2D eigenvalue weighted by Gasteiger charge is -2.09. The molecule has 0 aliphatic rings. The summed E-state index contributed by atoms with van der Waals surface area (Å²) in [6.45, 7) is 3.44. The third-order valence-electron chi connectivity index (χ3n) is 4.83. The highest BCUT2D eigenvalue weighted by molar-refractivity contribution is 6.30. The van der Waals surface area contributed by atoms with Gasteiger partial charge in [0.2, 0.25) is 0 Å². The van der Waals surface area contributed by atoms with Gasteiger partial charge in [-0.15, -0.1) is 0 Å². The average Bonchev–Trinajstić information content (AvgIpc) is 3.00. The van der Waals surface area contributed by atoms with Crippen LogP contribution in [-0.2, 0) is 0 Å². The topological polar surface area (TPSA) is 48.3 Å². The number of nitrogens with zero attached hydrogens (tertiary/aromatic N) is 1. The van der Waals surface area contributed by atoms with Crippen molar-refractivity contribution in [3.05, 3.63) is 94.6 Å². The molecule has 4 aromatic rings. The molecular weight excluding hydrogens is 386 g/mol. The van der Waals surface area contributed by atoms with Gasteiger partial charge >= 0.3 is 5.97 Å². The van der Waals surface area contributed by atoms with E-state index in [1.54, 1.807) is 36.4 Å². The number of rotatable bonds is 4. The molecule has 0 aliphatic carbocycles. The van der Waals surface area contributed by atoms with Gasteiger partial charge in [-0.1, -0.05) is 29.8 Å². The highest BCUT2D eigenvalue weighted by Crippen LogP contribution is 2.33. The lowest BCUT2D eigenvalue weighted by atomic mass is 10.1. The Morgan fingerprint density at radius 2 is 1.62 bits per heavy atom. The minimum atomic E-state index is -0.441. The molecule has 0 atom stereocenters. The molecule has 0 saturated carbocycles. The number of carbonyl (C=O) groups excluding carboxylic acids is 2. The van der Waals surface area contributed by atoms with Gasteiger partial charge in [0.1, 0.15) is 5.75 Å². The monoisotopic (exact) mass is 403 g/mol. The Kier molecular flexibility index (Phi) is 4.95. The molecule has 0 unspecified atom stereocenters. The van der Waals surface area contributed by atoms with E-state index in [4.69, 9.17) is 16.3 Å². The Morgan fingerprint density at radius 3 is 2.28 bits per heavy atom. The highest BCUT2D eigenvalue weighted by Gasteiger charge is 2.19. The summed E-state index contributed by atoms with van der Waals surface area (Å²) < 4.78 is 7.54. The maximum absolute atomic E-state index is 12.4. The molecule has 0 spiro atoms. The number of Topliss-reactive ketones (excluding diaryl/α,β-unsaturated/α-hetero) is 1. The molecule has 0 aliphatic heterocycles. The summed E-state index contributed by atoms with van der Waals surface area (Å²) in [5, 5.41) is 1.38. The van der Waals surface area contributed by atoms with Gasteiger partial charge in [-0.25, -0.2) is 4.79 Å². The van der Waals surface area contributed by atoms with Crippen LogP contribution in [0.5, 0.6) is 5.75 Å². The Morgan fingerprint density at radius 1 is 0.931 bits per heavy atom. The number of benzene rings is 3. The number of ether oxygens (including phenoxy) is 1. The molecule has 0 N–H and O–H groups in total. The van der Waals surface area contributed by atoms with Crippen molar-refractivity contribution in [1.29, 1.82) is 0 Å². The van der Waals surface area contributed by atoms with Crippen molar-refractivity contribution in [3.8, 4) is 11.4 Å². The Balaban J connectivity index is 1.82. The zero-order chi connectivity index (χ0) is 20.5. The molecule has 3 aromatic carbocycles. The average molecular weight is 404 g/mol. The summed E-state index contributed by atoms with van der Waals surface area (Å²) in [4.78, 5) is 24.8. The molecule has 1 heterocycles. The van der Waals surface area contributed by atoms with Crippen molar-refractivity contribution in [2.45, 2.75) is 13.8 Å². The zero-order valence-corrected chi connectivity index (χ0v) is 16.7. The van der Waals surface area contributed by atoms with E-state index in [1.807, 2.05) is 47.9 Å². The minimum absolute atomic E-state index is 0.0493. The normalized spacial score (nSPS) is 10.9. The molecule has 0 fully saturated rings.